The Morgan fingerprint density at radius 1 is 0.636 bits per heavy atom. The molecule has 3 aliphatic rings. The molecule has 0 aromatic rings. The molecule has 0 aliphatic carbocycles. The van der Waals surface area contributed by atoms with Crippen LogP contribution in [0.15, 0.2) is 0 Å². The Balaban J connectivity index is 0.000000605. The molecule has 0 saturated carbocycles. The van der Waals surface area contributed by atoms with Gasteiger partial charge in [-0.2, -0.15) is 0 Å². The largest absolute Gasteiger partial charge is 0.312 e. The van der Waals surface area contributed by atoms with Crippen molar-refractivity contribution in [1.82, 2.24) is 0 Å². The van der Waals surface area contributed by atoms with Gasteiger partial charge < -0.3 is 8.97 Å². The molecule has 0 aromatic carbocycles. The smallest absolute Gasteiger partial charge is 0.129 e. The van der Waals surface area contributed by atoms with Gasteiger partial charge in [-0.25, -0.2) is 0 Å². The minimum atomic E-state index is 0. The van der Waals surface area contributed by atoms with Crippen molar-refractivity contribution in [1.29, 1.82) is 0 Å². The zero-order valence-electron chi connectivity index (χ0n) is 7.71. The van der Waals surface area contributed by atoms with E-state index in [1.165, 1.54) is 48.2 Å². The zero-order valence-corrected chi connectivity index (χ0v) is 10.6. The second-order valence-corrected chi connectivity index (χ2v) is 4.58. The molecular weight excluding hydrogens is 213 g/mol. The quantitative estimate of drug-likeness (QED) is 0.511. The first-order chi connectivity index (χ1) is 4.62. The van der Waals surface area contributed by atoms with E-state index in [1.54, 1.807) is 0 Å². The van der Waals surface area contributed by atoms with E-state index in [2.05, 4.69) is 14.1 Å². The van der Waals surface area contributed by atoms with Gasteiger partial charge in [0.15, 0.2) is 0 Å². The topological polar surface area (TPSA) is 0 Å². The second-order valence-electron chi connectivity index (χ2n) is 4.58. The number of likely N-dealkylation sites (N-methyl/N-ethyl adjacent to an activating group) is 2. The Labute approximate surface area is 94.6 Å². The van der Waals surface area contributed by atoms with Crippen molar-refractivity contribution in [2.24, 2.45) is 0 Å². The fourth-order valence-electron chi connectivity index (χ4n) is 2.12. The van der Waals surface area contributed by atoms with E-state index < -0.39 is 0 Å². The Kier molecular flexibility index (Phi) is 2.81. The summed E-state index contributed by atoms with van der Waals surface area (Å²) < 4.78 is 2.71. The first-order valence-corrected chi connectivity index (χ1v) is 4.29. The predicted molar refractivity (Wildman–Crippen MR) is 41.6 cm³/mol. The Morgan fingerprint density at radius 2 is 0.818 bits per heavy atom. The monoisotopic (exact) mass is 231 g/mol. The van der Waals surface area contributed by atoms with Crippen molar-refractivity contribution in [2.45, 2.75) is 0 Å². The van der Waals surface area contributed by atoms with Gasteiger partial charge in [-0.15, -0.1) is 0 Å². The minimum Gasteiger partial charge on any atom is -0.312 e. The molecule has 2 bridgehead atoms. The van der Waals surface area contributed by atoms with Gasteiger partial charge in [0.25, 0.3) is 0 Å². The predicted octanol–water partition coefficient (Wildman–Crippen LogP) is -0.0957. The molecule has 3 rings (SSSR count). The van der Waals surface area contributed by atoms with Crippen molar-refractivity contribution < 1.29 is 41.7 Å². The van der Waals surface area contributed by atoms with E-state index in [9.17, 15) is 0 Å². The molecule has 0 amide bonds. The van der Waals surface area contributed by atoms with E-state index in [1.807, 2.05) is 0 Å². The third-order valence-corrected chi connectivity index (χ3v) is 3.54. The Morgan fingerprint density at radius 3 is 1.00 bits per heavy atom. The summed E-state index contributed by atoms with van der Waals surface area (Å²) >= 11 is 0. The molecule has 3 aliphatic heterocycles. The maximum atomic E-state index is 2.41. The molecule has 0 unspecified atom stereocenters. The molecular formula is C8H18N2Y+2. The van der Waals surface area contributed by atoms with Crippen LogP contribution in [0.1, 0.15) is 0 Å². The fraction of sp³-hybridized carbons (Fsp3) is 1.00. The first kappa shape index (κ1) is 10.1. The summed E-state index contributed by atoms with van der Waals surface area (Å²) in [5.41, 5.74) is 0. The number of rotatable bonds is 0. The van der Waals surface area contributed by atoms with Gasteiger partial charge in [0, 0.05) is 32.7 Å². The Hall–Kier alpha value is 1.02. The number of fused-ring (bicyclic) bond motifs is 3. The molecule has 0 aromatic heterocycles. The molecule has 3 saturated heterocycles. The van der Waals surface area contributed by atoms with Gasteiger partial charge in [0.1, 0.15) is 39.3 Å². The van der Waals surface area contributed by atoms with E-state index in [4.69, 9.17) is 0 Å². The second kappa shape index (κ2) is 3.06. The number of hydrogen-bond donors (Lipinski definition) is 0. The van der Waals surface area contributed by atoms with Crippen LogP contribution in [-0.2, 0) is 32.7 Å². The number of nitrogens with zero attached hydrogens (tertiary/aromatic N) is 2. The molecule has 1 radical (unpaired) electrons. The fourth-order valence-corrected chi connectivity index (χ4v) is 2.12. The molecule has 3 fully saturated rings. The summed E-state index contributed by atoms with van der Waals surface area (Å²) in [6.07, 6.45) is 0. The van der Waals surface area contributed by atoms with Crippen molar-refractivity contribution in [2.75, 3.05) is 53.4 Å². The van der Waals surface area contributed by atoms with Crippen molar-refractivity contribution >= 4 is 0 Å². The van der Waals surface area contributed by atoms with Crippen LogP contribution in [0, 0.1) is 0 Å². The molecule has 3 heteroatoms. The van der Waals surface area contributed by atoms with Crippen molar-refractivity contribution in [3.05, 3.63) is 0 Å². The van der Waals surface area contributed by atoms with Crippen LogP contribution in [0.25, 0.3) is 0 Å². The van der Waals surface area contributed by atoms with Crippen LogP contribution in [0.3, 0.4) is 0 Å². The summed E-state index contributed by atoms with van der Waals surface area (Å²) in [5, 5.41) is 0. The van der Waals surface area contributed by atoms with Crippen LogP contribution >= 0.6 is 0 Å². The van der Waals surface area contributed by atoms with Crippen LogP contribution in [-0.4, -0.2) is 62.3 Å². The van der Waals surface area contributed by atoms with Gasteiger partial charge >= 0.3 is 0 Å². The average molecular weight is 231 g/mol. The molecule has 11 heavy (non-hydrogen) atoms. The van der Waals surface area contributed by atoms with Crippen LogP contribution < -0.4 is 0 Å². The Bertz CT molecular complexity index is 116. The van der Waals surface area contributed by atoms with E-state index >= 15 is 0 Å². The maximum absolute atomic E-state index is 2.41. The van der Waals surface area contributed by atoms with E-state index in [0.717, 1.165) is 0 Å². The summed E-state index contributed by atoms with van der Waals surface area (Å²) in [5.74, 6) is 0. The van der Waals surface area contributed by atoms with Gasteiger partial charge in [-0.05, 0) is 0 Å². The molecule has 3 heterocycles. The normalized spacial score (nSPS) is 48.5. The summed E-state index contributed by atoms with van der Waals surface area (Å²) in [6.45, 7) is 8.48. The zero-order chi connectivity index (χ0) is 7.24. The number of hydrogen-bond acceptors (Lipinski definition) is 0. The average Bonchev–Trinajstić information content (AvgIpc) is 1.93. The third kappa shape index (κ3) is 1.85. The van der Waals surface area contributed by atoms with E-state index in [-0.39, 0.29) is 32.7 Å². The van der Waals surface area contributed by atoms with Gasteiger partial charge in [0.2, 0.25) is 0 Å². The van der Waals surface area contributed by atoms with Crippen molar-refractivity contribution in [3.8, 4) is 0 Å². The standard InChI is InChI=1S/C8H18N2.Y/c1-9-3-6-10(2,7-4-9)8-5-9;/h3-8H2,1-2H3;/q+2;. The molecule has 0 N–H and O–H groups in total. The third-order valence-electron chi connectivity index (χ3n) is 3.54. The van der Waals surface area contributed by atoms with Gasteiger partial charge in [-0.1, -0.05) is 0 Å². The summed E-state index contributed by atoms with van der Waals surface area (Å²) in [4.78, 5) is 0. The van der Waals surface area contributed by atoms with Gasteiger partial charge in [-0.3, -0.25) is 0 Å². The molecule has 0 spiro atoms. The number of piperazine rings is 3. The van der Waals surface area contributed by atoms with Gasteiger partial charge in [0.05, 0.1) is 14.1 Å². The van der Waals surface area contributed by atoms with Crippen LogP contribution in [0.5, 0.6) is 0 Å². The van der Waals surface area contributed by atoms with Crippen LogP contribution in [0.2, 0.25) is 0 Å². The summed E-state index contributed by atoms with van der Waals surface area (Å²) in [6, 6.07) is 0. The minimum absolute atomic E-state index is 0. The summed E-state index contributed by atoms with van der Waals surface area (Å²) in [7, 11) is 4.81. The maximum Gasteiger partial charge on any atom is 0.129 e. The molecule has 61 valence electrons. The van der Waals surface area contributed by atoms with Crippen LogP contribution in [0.4, 0.5) is 0 Å². The van der Waals surface area contributed by atoms with Crippen molar-refractivity contribution in [3.63, 3.8) is 0 Å². The SMILES string of the molecule is C[N+]12CC[N+](C)(CC1)CC2.[Y]. The molecule has 2 nitrogen and oxygen atoms in total. The molecule has 0 atom stereocenters. The first-order valence-electron chi connectivity index (χ1n) is 4.29. The van der Waals surface area contributed by atoms with E-state index in [0.29, 0.717) is 0 Å². The number of quaternary nitrogens is 2.